The molecule has 0 unspecified atom stereocenters. The summed E-state index contributed by atoms with van der Waals surface area (Å²) < 4.78 is 17.6. The Morgan fingerprint density at radius 2 is 1.57 bits per heavy atom. The van der Waals surface area contributed by atoms with E-state index in [9.17, 15) is 4.79 Å². The van der Waals surface area contributed by atoms with E-state index in [1.165, 1.54) is 6.92 Å². The SMILES string of the molecule is CC(=O)Oc1c(C(C)(C)C)cc(OC[Si](C)(C)c2ccco2)cc1C(C)(C)C. The van der Waals surface area contributed by atoms with E-state index in [-0.39, 0.29) is 16.8 Å². The van der Waals surface area contributed by atoms with Gasteiger partial charge in [-0.1, -0.05) is 54.6 Å². The lowest BCUT2D eigenvalue weighted by Gasteiger charge is -2.30. The van der Waals surface area contributed by atoms with Crippen LogP contribution in [0.3, 0.4) is 0 Å². The highest BCUT2D eigenvalue weighted by atomic mass is 28.3. The Balaban J connectivity index is 2.49. The molecule has 0 amide bonds. The lowest BCUT2D eigenvalue weighted by Crippen LogP contribution is -2.46. The van der Waals surface area contributed by atoms with Crippen molar-refractivity contribution in [3.05, 3.63) is 41.7 Å². The number of carbonyl (C=O) groups is 1. The molecule has 0 radical (unpaired) electrons. The molecule has 4 nitrogen and oxygen atoms in total. The fraction of sp³-hybridized carbons (Fsp3) is 0.522. The molecule has 154 valence electrons. The van der Waals surface area contributed by atoms with Crippen LogP contribution in [-0.2, 0) is 15.6 Å². The van der Waals surface area contributed by atoms with Crippen LogP contribution >= 0.6 is 0 Å². The van der Waals surface area contributed by atoms with Gasteiger partial charge in [0.1, 0.15) is 11.5 Å². The molecule has 28 heavy (non-hydrogen) atoms. The third kappa shape index (κ3) is 5.28. The van der Waals surface area contributed by atoms with Crippen molar-refractivity contribution in [3.8, 4) is 11.5 Å². The van der Waals surface area contributed by atoms with Crippen LogP contribution in [0.2, 0.25) is 13.1 Å². The highest BCUT2D eigenvalue weighted by Gasteiger charge is 2.31. The van der Waals surface area contributed by atoms with Gasteiger partial charge in [0.15, 0.2) is 8.07 Å². The van der Waals surface area contributed by atoms with Crippen LogP contribution in [0.4, 0.5) is 0 Å². The zero-order valence-electron chi connectivity index (χ0n) is 18.7. The minimum Gasteiger partial charge on any atom is -0.497 e. The van der Waals surface area contributed by atoms with Gasteiger partial charge in [0.25, 0.3) is 0 Å². The summed E-state index contributed by atoms with van der Waals surface area (Å²) >= 11 is 0. The number of carbonyl (C=O) groups excluding carboxylic acids is 1. The van der Waals surface area contributed by atoms with Gasteiger partial charge in [-0.2, -0.15) is 0 Å². The van der Waals surface area contributed by atoms with Crippen molar-refractivity contribution in [3.63, 3.8) is 0 Å². The number of rotatable bonds is 5. The highest BCUT2D eigenvalue weighted by Crippen LogP contribution is 2.42. The van der Waals surface area contributed by atoms with E-state index in [2.05, 4.69) is 54.6 Å². The monoisotopic (exact) mass is 402 g/mol. The van der Waals surface area contributed by atoms with Crippen LogP contribution < -0.4 is 14.9 Å². The van der Waals surface area contributed by atoms with Crippen molar-refractivity contribution in [2.24, 2.45) is 0 Å². The average molecular weight is 403 g/mol. The quantitative estimate of drug-likeness (QED) is 0.385. The lowest BCUT2D eigenvalue weighted by atomic mass is 9.79. The predicted octanol–water partition coefficient (Wildman–Crippen LogP) is 5.33. The van der Waals surface area contributed by atoms with Gasteiger partial charge in [0.05, 0.1) is 17.9 Å². The molecule has 0 fully saturated rings. The normalized spacial score (nSPS) is 12.8. The summed E-state index contributed by atoms with van der Waals surface area (Å²) in [5.41, 5.74) is 1.56. The molecule has 1 heterocycles. The molecule has 0 saturated heterocycles. The van der Waals surface area contributed by atoms with Gasteiger partial charge < -0.3 is 13.9 Å². The Kier molecular flexibility index (Phi) is 6.19. The number of furan rings is 1. The fourth-order valence-electron chi connectivity index (χ4n) is 3.05. The molecule has 2 rings (SSSR count). The van der Waals surface area contributed by atoms with Crippen LogP contribution in [-0.4, -0.2) is 20.3 Å². The Hall–Kier alpha value is -2.01. The lowest BCUT2D eigenvalue weighted by molar-refractivity contribution is -0.132. The summed E-state index contributed by atoms with van der Waals surface area (Å²) in [6.07, 6.45) is 2.33. The third-order valence-corrected chi connectivity index (χ3v) is 7.20. The van der Waals surface area contributed by atoms with E-state index in [1.807, 2.05) is 24.3 Å². The first-order valence-electron chi connectivity index (χ1n) is 9.76. The number of hydrogen-bond donors (Lipinski definition) is 0. The average Bonchev–Trinajstić information content (AvgIpc) is 3.06. The molecule has 0 saturated carbocycles. The van der Waals surface area contributed by atoms with E-state index in [0.29, 0.717) is 12.0 Å². The number of benzene rings is 1. The van der Waals surface area contributed by atoms with Crippen LogP contribution in [0.25, 0.3) is 0 Å². The number of esters is 1. The second-order valence-electron chi connectivity index (χ2n) is 10.1. The molecular formula is C23H34O4Si. The smallest absolute Gasteiger partial charge is 0.308 e. The highest BCUT2D eigenvalue weighted by molar-refractivity contribution is 6.88. The van der Waals surface area contributed by atoms with E-state index in [0.717, 1.165) is 22.3 Å². The van der Waals surface area contributed by atoms with Crippen LogP contribution in [0.1, 0.15) is 59.6 Å². The Morgan fingerprint density at radius 1 is 1.04 bits per heavy atom. The third-order valence-electron chi connectivity index (χ3n) is 4.71. The summed E-state index contributed by atoms with van der Waals surface area (Å²) in [5.74, 6) is 1.15. The maximum Gasteiger partial charge on any atom is 0.308 e. The number of hydrogen-bond acceptors (Lipinski definition) is 4. The van der Waals surface area contributed by atoms with Crippen molar-refractivity contribution in [1.29, 1.82) is 0 Å². The number of ether oxygens (including phenoxy) is 2. The Morgan fingerprint density at radius 3 is 1.96 bits per heavy atom. The zero-order chi connectivity index (χ0) is 21.3. The summed E-state index contributed by atoms with van der Waals surface area (Å²) in [6.45, 7) is 18.6. The topological polar surface area (TPSA) is 48.7 Å². The van der Waals surface area contributed by atoms with Crippen LogP contribution in [0, 0.1) is 0 Å². The Bertz CT molecular complexity index is 786. The van der Waals surface area contributed by atoms with Crippen molar-refractivity contribution < 1.29 is 18.7 Å². The molecule has 1 aromatic heterocycles. The second kappa shape index (κ2) is 7.78. The molecule has 0 atom stereocenters. The maximum atomic E-state index is 11.8. The first-order valence-corrected chi connectivity index (χ1v) is 13.0. The molecule has 0 aliphatic carbocycles. The van der Waals surface area contributed by atoms with E-state index >= 15 is 0 Å². The van der Waals surface area contributed by atoms with Crippen LogP contribution in [0.5, 0.6) is 11.5 Å². The van der Waals surface area contributed by atoms with E-state index < -0.39 is 8.07 Å². The summed E-state index contributed by atoms with van der Waals surface area (Å²) in [7, 11) is -1.85. The van der Waals surface area contributed by atoms with Crippen LogP contribution in [0.15, 0.2) is 34.9 Å². The first-order chi connectivity index (χ1) is 12.7. The zero-order valence-corrected chi connectivity index (χ0v) is 19.7. The van der Waals surface area contributed by atoms with Gasteiger partial charge in [-0.25, -0.2) is 0 Å². The van der Waals surface area contributed by atoms with Gasteiger partial charge >= 0.3 is 5.97 Å². The van der Waals surface area contributed by atoms with Gasteiger partial charge in [0, 0.05) is 18.1 Å². The van der Waals surface area contributed by atoms with Crippen molar-refractivity contribution in [2.75, 3.05) is 6.23 Å². The fourth-order valence-corrected chi connectivity index (χ4v) is 4.66. The van der Waals surface area contributed by atoms with Gasteiger partial charge in [-0.15, -0.1) is 0 Å². The molecule has 0 aliphatic heterocycles. The van der Waals surface area contributed by atoms with Crippen molar-refractivity contribution >= 4 is 19.4 Å². The second-order valence-corrected chi connectivity index (χ2v) is 14.6. The molecule has 2 aromatic rings. The van der Waals surface area contributed by atoms with Crippen molar-refractivity contribution in [2.45, 2.75) is 72.4 Å². The van der Waals surface area contributed by atoms with Crippen molar-refractivity contribution in [1.82, 2.24) is 0 Å². The predicted molar refractivity (Wildman–Crippen MR) is 116 cm³/mol. The van der Waals surface area contributed by atoms with Gasteiger partial charge in [0.2, 0.25) is 0 Å². The summed E-state index contributed by atoms with van der Waals surface area (Å²) in [6, 6.07) is 7.98. The van der Waals surface area contributed by atoms with Gasteiger partial charge in [-0.05, 0) is 35.1 Å². The maximum absolute atomic E-state index is 11.8. The Labute approximate surface area is 170 Å². The molecule has 0 spiro atoms. The first kappa shape index (κ1) is 22.3. The molecule has 0 N–H and O–H groups in total. The molecule has 1 aromatic carbocycles. The standard InChI is InChI=1S/C23H34O4Si/c1-16(24)27-21-18(22(2,3)4)13-17(14-19(21)23(5,6)7)26-15-28(8,9)20-11-10-12-25-20/h10-14H,15H2,1-9H3. The molecule has 0 bridgehead atoms. The van der Waals surface area contributed by atoms with Gasteiger partial charge in [-0.3, -0.25) is 4.79 Å². The van der Waals surface area contributed by atoms with E-state index in [4.69, 9.17) is 13.9 Å². The molecular weight excluding hydrogens is 368 g/mol. The summed E-state index contributed by atoms with van der Waals surface area (Å²) in [4.78, 5) is 11.8. The molecule has 0 aliphatic rings. The largest absolute Gasteiger partial charge is 0.497 e. The minimum atomic E-state index is -1.85. The molecule has 5 heteroatoms. The van der Waals surface area contributed by atoms with E-state index in [1.54, 1.807) is 6.26 Å². The summed E-state index contributed by atoms with van der Waals surface area (Å²) in [5, 5.41) is 1.02. The minimum absolute atomic E-state index is 0.196.